The first-order chi connectivity index (χ1) is 15.3. The minimum Gasteiger partial charge on any atom is -0.493 e. The van der Waals surface area contributed by atoms with E-state index in [0.717, 1.165) is 28.9 Å². The Morgan fingerprint density at radius 2 is 1.68 bits per heavy atom. The number of ether oxygens (including phenoxy) is 1. The zero-order valence-corrected chi connectivity index (χ0v) is 17.1. The number of hydrogen-bond donors (Lipinski definition) is 1. The van der Waals surface area contributed by atoms with Gasteiger partial charge in [-0.05, 0) is 11.6 Å². The first kappa shape index (κ1) is 19.1. The molecule has 1 aliphatic rings. The number of carbonyl (C=O) groups excluding carboxylic acids is 1. The molecule has 4 aromatic rings. The van der Waals surface area contributed by atoms with Gasteiger partial charge in [0.1, 0.15) is 11.4 Å². The molecule has 0 saturated carbocycles. The number of rotatable bonds is 5. The Balaban J connectivity index is 1.47. The first-order valence-corrected chi connectivity index (χ1v) is 10.5. The van der Waals surface area contributed by atoms with Gasteiger partial charge in [-0.3, -0.25) is 9.48 Å². The number of aromatic nitrogens is 2. The summed E-state index contributed by atoms with van der Waals surface area (Å²) in [4.78, 5) is 13.4. The summed E-state index contributed by atoms with van der Waals surface area (Å²) in [6, 6.07) is 27.8. The second kappa shape index (κ2) is 8.48. The molecule has 3 aromatic carbocycles. The van der Waals surface area contributed by atoms with E-state index in [-0.39, 0.29) is 11.9 Å². The van der Waals surface area contributed by atoms with E-state index in [9.17, 15) is 4.79 Å². The molecule has 2 heterocycles. The normalized spacial score (nSPS) is 15.0. The van der Waals surface area contributed by atoms with Crippen molar-refractivity contribution < 1.29 is 9.53 Å². The molecule has 5 heteroatoms. The Morgan fingerprint density at radius 3 is 2.48 bits per heavy atom. The highest BCUT2D eigenvalue weighted by Gasteiger charge is 2.25. The van der Waals surface area contributed by atoms with E-state index >= 15 is 0 Å². The molecule has 0 fully saturated rings. The summed E-state index contributed by atoms with van der Waals surface area (Å²) in [5.41, 5.74) is 4.34. The second-order valence-corrected chi connectivity index (χ2v) is 7.64. The summed E-state index contributed by atoms with van der Waals surface area (Å²) in [6.07, 6.45) is 2.58. The van der Waals surface area contributed by atoms with E-state index in [0.29, 0.717) is 24.4 Å². The first-order valence-electron chi connectivity index (χ1n) is 10.5. The summed E-state index contributed by atoms with van der Waals surface area (Å²) >= 11 is 0. The van der Waals surface area contributed by atoms with Gasteiger partial charge in [0.2, 0.25) is 0 Å². The van der Waals surface area contributed by atoms with E-state index in [4.69, 9.17) is 9.84 Å². The molecule has 0 unspecified atom stereocenters. The van der Waals surface area contributed by atoms with Crippen LogP contribution >= 0.6 is 0 Å². The fourth-order valence-corrected chi connectivity index (χ4v) is 3.98. The van der Waals surface area contributed by atoms with Crippen LogP contribution in [0.4, 0.5) is 0 Å². The zero-order chi connectivity index (χ0) is 21.0. The van der Waals surface area contributed by atoms with E-state index in [1.807, 2.05) is 83.7 Å². The molecule has 1 amide bonds. The zero-order valence-electron chi connectivity index (χ0n) is 17.1. The summed E-state index contributed by atoms with van der Waals surface area (Å²) in [5, 5.41) is 7.97. The van der Waals surface area contributed by atoms with Gasteiger partial charge in [-0.15, -0.1) is 0 Å². The summed E-state index contributed by atoms with van der Waals surface area (Å²) in [7, 11) is 0. The third-order valence-electron chi connectivity index (χ3n) is 5.50. The number of carbonyl (C=O) groups is 1. The lowest BCUT2D eigenvalue weighted by molar-refractivity contribution is 0.0925. The molecule has 5 rings (SSSR count). The van der Waals surface area contributed by atoms with Crippen molar-refractivity contribution >= 4 is 5.91 Å². The summed E-state index contributed by atoms with van der Waals surface area (Å²) in [5.74, 6) is 0.710. The molecule has 154 valence electrons. The van der Waals surface area contributed by atoms with Crippen LogP contribution in [0.2, 0.25) is 0 Å². The number of benzene rings is 3. The molecule has 1 aromatic heterocycles. The molecule has 31 heavy (non-hydrogen) atoms. The lowest BCUT2D eigenvalue weighted by atomic mass is 10.00. The van der Waals surface area contributed by atoms with Gasteiger partial charge >= 0.3 is 0 Å². The van der Waals surface area contributed by atoms with Gasteiger partial charge in [0.05, 0.1) is 24.8 Å². The Hall–Kier alpha value is -3.86. The van der Waals surface area contributed by atoms with Gasteiger partial charge in [-0.25, -0.2) is 0 Å². The van der Waals surface area contributed by atoms with Gasteiger partial charge in [0.25, 0.3) is 5.91 Å². The van der Waals surface area contributed by atoms with Crippen LogP contribution in [-0.4, -0.2) is 22.3 Å². The van der Waals surface area contributed by atoms with Crippen LogP contribution in [-0.2, 0) is 6.54 Å². The van der Waals surface area contributed by atoms with Crippen LogP contribution in [0, 0.1) is 0 Å². The minimum atomic E-state index is -0.125. The third-order valence-corrected chi connectivity index (χ3v) is 5.50. The number of amides is 1. The van der Waals surface area contributed by atoms with Gasteiger partial charge in [-0.2, -0.15) is 5.10 Å². The highest BCUT2D eigenvalue weighted by atomic mass is 16.5. The van der Waals surface area contributed by atoms with Crippen molar-refractivity contribution in [2.45, 2.75) is 19.0 Å². The molecular weight excluding hydrogens is 386 g/mol. The maximum Gasteiger partial charge on any atom is 0.255 e. The highest BCUT2D eigenvalue weighted by molar-refractivity contribution is 6.00. The average molecular weight is 409 g/mol. The monoisotopic (exact) mass is 409 g/mol. The fraction of sp³-hybridized carbons (Fsp3) is 0.154. The molecule has 0 bridgehead atoms. The molecule has 1 atom stereocenters. The Labute approximate surface area is 181 Å². The molecule has 0 radical (unpaired) electrons. The van der Waals surface area contributed by atoms with Gasteiger partial charge in [-0.1, -0.05) is 78.9 Å². The number of para-hydroxylation sites is 1. The molecule has 1 aliphatic heterocycles. The maximum atomic E-state index is 13.4. The predicted octanol–water partition coefficient (Wildman–Crippen LogP) is 4.85. The van der Waals surface area contributed by atoms with Gasteiger partial charge < -0.3 is 10.1 Å². The van der Waals surface area contributed by atoms with Crippen molar-refractivity contribution in [3.05, 3.63) is 108 Å². The van der Waals surface area contributed by atoms with Crippen LogP contribution in [0.3, 0.4) is 0 Å². The van der Waals surface area contributed by atoms with Crippen LogP contribution in [0.15, 0.2) is 91.1 Å². The van der Waals surface area contributed by atoms with E-state index in [1.165, 1.54) is 0 Å². The number of hydrogen-bond acceptors (Lipinski definition) is 3. The summed E-state index contributed by atoms with van der Waals surface area (Å²) in [6.45, 7) is 1.19. The molecule has 0 saturated heterocycles. The van der Waals surface area contributed by atoms with Crippen LogP contribution in [0.1, 0.15) is 33.9 Å². The molecule has 0 aliphatic carbocycles. The van der Waals surface area contributed by atoms with Gasteiger partial charge in [0, 0.05) is 23.7 Å². The smallest absolute Gasteiger partial charge is 0.255 e. The molecule has 5 nitrogen and oxygen atoms in total. The number of nitrogens with one attached hydrogen (secondary N) is 1. The van der Waals surface area contributed by atoms with Crippen molar-refractivity contribution in [2.24, 2.45) is 0 Å². The second-order valence-electron chi connectivity index (χ2n) is 7.64. The van der Waals surface area contributed by atoms with E-state index in [2.05, 4.69) is 17.4 Å². The lowest BCUT2D eigenvalue weighted by Gasteiger charge is -2.26. The van der Waals surface area contributed by atoms with E-state index in [1.54, 1.807) is 0 Å². The van der Waals surface area contributed by atoms with Gasteiger partial charge in [0.15, 0.2) is 0 Å². The lowest BCUT2D eigenvalue weighted by Crippen LogP contribution is -2.32. The fourth-order valence-electron chi connectivity index (χ4n) is 3.98. The topological polar surface area (TPSA) is 56.1 Å². The predicted molar refractivity (Wildman–Crippen MR) is 120 cm³/mol. The van der Waals surface area contributed by atoms with Crippen LogP contribution in [0.5, 0.6) is 5.75 Å². The van der Waals surface area contributed by atoms with E-state index < -0.39 is 0 Å². The quantitative estimate of drug-likeness (QED) is 0.513. The highest BCUT2D eigenvalue weighted by Crippen LogP contribution is 2.32. The summed E-state index contributed by atoms with van der Waals surface area (Å²) < 4.78 is 7.57. The third kappa shape index (κ3) is 4.08. The molecule has 1 N–H and O–H groups in total. The van der Waals surface area contributed by atoms with Crippen molar-refractivity contribution in [1.29, 1.82) is 0 Å². The van der Waals surface area contributed by atoms with Crippen molar-refractivity contribution in [3.8, 4) is 17.0 Å². The Morgan fingerprint density at radius 1 is 0.968 bits per heavy atom. The van der Waals surface area contributed by atoms with Crippen LogP contribution < -0.4 is 10.1 Å². The SMILES string of the molecule is O=C(N[C@@H]1CCOc2ccccc21)c1cn(Cc2ccccc2)nc1-c1ccccc1. The van der Waals surface area contributed by atoms with Crippen LogP contribution in [0.25, 0.3) is 11.3 Å². The maximum absolute atomic E-state index is 13.4. The number of fused-ring (bicyclic) bond motifs is 1. The Bertz CT molecular complexity index is 1190. The van der Waals surface area contributed by atoms with Crippen molar-refractivity contribution in [1.82, 2.24) is 15.1 Å². The molecule has 0 spiro atoms. The number of nitrogens with zero attached hydrogens (tertiary/aromatic N) is 2. The standard InChI is InChI=1S/C26H23N3O2/c30-26(27-23-15-16-31-24-14-8-7-13-21(23)24)22-18-29(17-19-9-3-1-4-10-19)28-25(22)20-11-5-2-6-12-20/h1-14,18,23H,15-17H2,(H,27,30)/t23-/m1/s1. The largest absolute Gasteiger partial charge is 0.493 e. The Kier molecular flexibility index (Phi) is 5.23. The average Bonchev–Trinajstić information content (AvgIpc) is 3.24. The van der Waals surface area contributed by atoms with Crippen molar-refractivity contribution in [2.75, 3.05) is 6.61 Å². The minimum absolute atomic E-state index is 0.0847. The molecular formula is C26H23N3O2. The van der Waals surface area contributed by atoms with Crippen molar-refractivity contribution in [3.63, 3.8) is 0 Å².